The highest BCUT2D eigenvalue weighted by molar-refractivity contribution is 5.77. The van der Waals surface area contributed by atoms with Crippen molar-refractivity contribution in [3.8, 4) is 0 Å². The number of nitrogens with zero attached hydrogens (tertiary/aromatic N) is 4. The van der Waals surface area contributed by atoms with Gasteiger partial charge in [0.25, 0.3) is 5.56 Å². The molecule has 0 saturated carbocycles. The van der Waals surface area contributed by atoms with Crippen molar-refractivity contribution in [2.45, 2.75) is 6.54 Å². The molecule has 0 saturated heterocycles. The number of benzene rings is 2. The Hall–Kier alpha value is -3.02. The number of rotatable bonds is 2. The summed E-state index contributed by atoms with van der Waals surface area (Å²) in [5.74, 6) is 0. The summed E-state index contributed by atoms with van der Waals surface area (Å²) in [7, 11) is 0. The van der Waals surface area contributed by atoms with Gasteiger partial charge in [-0.2, -0.15) is 0 Å². The van der Waals surface area contributed by atoms with Gasteiger partial charge in [0.05, 0.1) is 23.8 Å². The van der Waals surface area contributed by atoms with Gasteiger partial charge in [-0.3, -0.25) is 9.36 Å². The van der Waals surface area contributed by atoms with Gasteiger partial charge >= 0.3 is 0 Å². The van der Waals surface area contributed by atoms with Crippen LogP contribution in [0.2, 0.25) is 0 Å². The highest BCUT2D eigenvalue weighted by Gasteiger charge is 2.06. The summed E-state index contributed by atoms with van der Waals surface area (Å²) in [6, 6.07) is 12.9. The molecule has 0 N–H and O–H groups in total. The summed E-state index contributed by atoms with van der Waals surface area (Å²) in [6.45, 7) is 0.430. The fraction of sp³-hybridized carbons (Fsp3) is 0.0667. The maximum atomic E-state index is 12.4. The highest BCUT2D eigenvalue weighted by Crippen LogP contribution is 2.12. The van der Waals surface area contributed by atoms with Crippen molar-refractivity contribution in [1.82, 2.24) is 19.9 Å². The third-order valence-electron chi connectivity index (χ3n) is 3.40. The molecule has 0 unspecified atom stereocenters. The molecule has 0 radical (unpaired) electrons. The summed E-state index contributed by atoms with van der Waals surface area (Å²) in [5, 5.41) is 8.18. The SMILES string of the molecule is O=c1c2ccccc2ncn1Cc1ccc2nonc2c1. The third-order valence-corrected chi connectivity index (χ3v) is 3.40. The second-order valence-corrected chi connectivity index (χ2v) is 4.78. The Bertz CT molecular complexity index is 1000. The molecule has 0 aliphatic heterocycles. The number of para-hydroxylation sites is 1. The van der Waals surface area contributed by atoms with E-state index in [4.69, 9.17) is 0 Å². The molecule has 2 heterocycles. The van der Waals surface area contributed by atoms with Crippen LogP contribution in [0.25, 0.3) is 21.9 Å². The van der Waals surface area contributed by atoms with Crippen molar-refractivity contribution in [2.75, 3.05) is 0 Å². The molecule has 0 spiro atoms. The zero-order valence-corrected chi connectivity index (χ0v) is 10.9. The molecule has 0 atom stereocenters. The van der Waals surface area contributed by atoms with Crippen molar-refractivity contribution in [1.29, 1.82) is 0 Å². The van der Waals surface area contributed by atoms with Crippen LogP contribution in [0, 0.1) is 0 Å². The summed E-state index contributed by atoms with van der Waals surface area (Å²) < 4.78 is 6.25. The zero-order valence-electron chi connectivity index (χ0n) is 10.9. The largest absolute Gasteiger partial charge is 0.294 e. The Labute approximate surface area is 118 Å². The lowest BCUT2D eigenvalue weighted by Crippen LogP contribution is -2.21. The first-order chi connectivity index (χ1) is 10.3. The number of hydrogen-bond donors (Lipinski definition) is 0. The van der Waals surface area contributed by atoms with E-state index in [0.717, 1.165) is 5.56 Å². The van der Waals surface area contributed by atoms with Crippen molar-refractivity contribution < 1.29 is 4.63 Å². The van der Waals surface area contributed by atoms with E-state index in [-0.39, 0.29) is 5.56 Å². The first-order valence-corrected chi connectivity index (χ1v) is 6.47. The number of aromatic nitrogens is 4. The Morgan fingerprint density at radius 2 is 1.86 bits per heavy atom. The lowest BCUT2D eigenvalue weighted by atomic mass is 10.2. The number of hydrogen-bond acceptors (Lipinski definition) is 5. The van der Waals surface area contributed by atoms with Crippen LogP contribution in [-0.4, -0.2) is 19.9 Å². The molecule has 2 aromatic carbocycles. The second-order valence-electron chi connectivity index (χ2n) is 4.78. The molecular weight excluding hydrogens is 268 g/mol. The Kier molecular flexibility index (Phi) is 2.53. The minimum atomic E-state index is -0.0565. The molecular formula is C15H10N4O2. The van der Waals surface area contributed by atoms with E-state index in [1.165, 1.54) is 0 Å². The van der Waals surface area contributed by atoms with Gasteiger partial charge in [-0.1, -0.05) is 18.2 Å². The fourth-order valence-electron chi connectivity index (χ4n) is 2.34. The van der Waals surface area contributed by atoms with Crippen LogP contribution in [0.5, 0.6) is 0 Å². The molecule has 0 aliphatic carbocycles. The van der Waals surface area contributed by atoms with Crippen LogP contribution in [0.15, 0.2) is 58.2 Å². The van der Waals surface area contributed by atoms with Gasteiger partial charge in [0.1, 0.15) is 11.0 Å². The Morgan fingerprint density at radius 1 is 1.00 bits per heavy atom. The lowest BCUT2D eigenvalue weighted by Gasteiger charge is -2.06. The average Bonchev–Trinajstić information content (AvgIpc) is 2.98. The topological polar surface area (TPSA) is 73.8 Å². The van der Waals surface area contributed by atoms with Crippen molar-refractivity contribution in [3.63, 3.8) is 0 Å². The van der Waals surface area contributed by atoms with Crippen LogP contribution in [-0.2, 0) is 6.54 Å². The smallest absolute Gasteiger partial charge is 0.261 e. The molecule has 4 aromatic rings. The van der Waals surface area contributed by atoms with Crippen molar-refractivity contribution >= 4 is 21.9 Å². The van der Waals surface area contributed by atoms with Crippen LogP contribution >= 0.6 is 0 Å². The number of fused-ring (bicyclic) bond motifs is 2. The molecule has 0 bridgehead atoms. The van der Waals surface area contributed by atoms with Crippen LogP contribution in [0.1, 0.15) is 5.56 Å². The van der Waals surface area contributed by atoms with Gasteiger partial charge in [-0.15, -0.1) is 0 Å². The van der Waals surface area contributed by atoms with Gasteiger partial charge < -0.3 is 0 Å². The normalized spacial score (nSPS) is 11.2. The average molecular weight is 278 g/mol. The highest BCUT2D eigenvalue weighted by atomic mass is 16.6. The van der Waals surface area contributed by atoms with Crippen LogP contribution < -0.4 is 5.56 Å². The van der Waals surface area contributed by atoms with E-state index < -0.39 is 0 Å². The minimum Gasteiger partial charge on any atom is -0.294 e. The maximum absolute atomic E-state index is 12.4. The van der Waals surface area contributed by atoms with Gasteiger partial charge in [-0.25, -0.2) is 9.61 Å². The molecule has 6 heteroatoms. The van der Waals surface area contributed by atoms with Crippen molar-refractivity contribution in [3.05, 3.63) is 64.7 Å². The Morgan fingerprint density at radius 3 is 2.81 bits per heavy atom. The molecule has 0 amide bonds. The van der Waals surface area contributed by atoms with E-state index in [2.05, 4.69) is 19.9 Å². The van der Waals surface area contributed by atoms with Crippen LogP contribution in [0.4, 0.5) is 0 Å². The predicted octanol–water partition coefficient (Wildman–Crippen LogP) is 1.98. The lowest BCUT2D eigenvalue weighted by molar-refractivity contribution is 0.315. The quantitative estimate of drug-likeness (QED) is 0.560. The predicted molar refractivity (Wildman–Crippen MR) is 76.9 cm³/mol. The van der Waals surface area contributed by atoms with E-state index in [1.807, 2.05) is 36.4 Å². The first-order valence-electron chi connectivity index (χ1n) is 6.47. The summed E-state index contributed by atoms with van der Waals surface area (Å²) in [4.78, 5) is 16.7. The fourth-order valence-corrected chi connectivity index (χ4v) is 2.34. The van der Waals surface area contributed by atoms with Gasteiger partial charge in [0, 0.05) is 0 Å². The van der Waals surface area contributed by atoms with Crippen molar-refractivity contribution in [2.24, 2.45) is 0 Å². The molecule has 102 valence electrons. The third kappa shape index (κ3) is 1.97. The van der Waals surface area contributed by atoms with E-state index >= 15 is 0 Å². The standard InChI is InChI=1S/C15H10N4O2/c20-15-11-3-1-2-4-12(11)16-9-19(15)8-10-5-6-13-14(7-10)18-21-17-13/h1-7,9H,8H2. The van der Waals surface area contributed by atoms with E-state index in [9.17, 15) is 4.79 Å². The van der Waals surface area contributed by atoms with Crippen LogP contribution in [0.3, 0.4) is 0 Å². The van der Waals surface area contributed by atoms with E-state index in [1.54, 1.807) is 17.0 Å². The summed E-state index contributed by atoms with van der Waals surface area (Å²) in [5.41, 5.74) is 2.96. The maximum Gasteiger partial charge on any atom is 0.261 e. The first kappa shape index (κ1) is 11.8. The molecule has 4 rings (SSSR count). The van der Waals surface area contributed by atoms with Gasteiger partial charge in [0.15, 0.2) is 0 Å². The van der Waals surface area contributed by atoms with E-state index in [0.29, 0.717) is 28.5 Å². The molecule has 6 nitrogen and oxygen atoms in total. The zero-order chi connectivity index (χ0) is 14.2. The molecule has 0 fully saturated rings. The molecule has 0 aliphatic rings. The van der Waals surface area contributed by atoms with Gasteiger partial charge in [0.2, 0.25) is 0 Å². The Balaban J connectivity index is 1.79. The summed E-state index contributed by atoms with van der Waals surface area (Å²) >= 11 is 0. The molecule has 21 heavy (non-hydrogen) atoms. The molecule has 2 aromatic heterocycles. The van der Waals surface area contributed by atoms with Gasteiger partial charge in [-0.05, 0) is 40.1 Å². The minimum absolute atomic E-state index is 0.0565. The monoisotopic (exact) mass is 278 g/mol. The second kappa shape index (κ2) is 4.52. The summed E-state index contributed by atoms with van der Waals surface area (Å²) in [6.07, 6.45) is 1.57.